The minimum atomic E-state index is 0.00356. The Morgan fingerprint density at radius 3 is 3.00 bits per heavy atom. The van der Waals surface area contributed by atoms with E-state index in [1.165, 1.54) is 18.7 Å². The van der Waals surface area contributed by atoms with Crippen molar-refractivity contribution < 1.29 is 9.59 Å². The number of benzene rings is 1. The molecule has 0 saturated carbocycles. The predicted molar refractivity (Wildman–Crippen MR) is 70.2 cm³/mol. The van der Waals surface area contributed by atoms with E-state index in [4.69, 9.17) is 5.26 Å². The summed E-state index contributed by atoms with van der Waals surface area (Å²) < 4.78 is 0. The van der Waals surface area contributed by atoms with E-state index in [1.807, 2.05) is 0 Å². The topological polar surface area (TPSA) is 61.2 Å². The molecular weight excluding hydrogens is 248 g/mol. The van der Waals surface area contributed by atoms with Crippen LogP contribution in [-0.4, -0.2) is 22.8 Å². The second-order valence-electron chi connectivity index (χ2n) is 4.10. The molecule has 92 valence electrons. The van der Waals surface area contributed by atoms with Crippen LogP contribution in [0.25, 0.3) is 0 Å². The largest absolute Gasteiger partial charge is 0.311 e. The first kappa shape index (κ1) is 12.7. The highest BCUT2D eigenvalue weighted by Gasteiger charge is 2.31. The van der Waals surface area contributed by atoms with E-state index in [9.17, 15) is 9.59 Å². The summed E-state index contributed by atoms with van der Waals surface area (Å²) in [7, 11) is 0. The number of hydrogen-bond acceptors (Lipinski definition) is 4. The lowest BCUT2D eigenvalue weighted by Gasteiger charge is -2.16. The van der Waals surface area contributed by atoms with Gasteiger partial charge in [0.2, 0.25) is 5.91 Å². The van der Waals surface area contributed by atoms with Gasteiger partial charge in [-0.05, 0) is 18.2 Å². The SMILES string of the molecule is CC(=O)SC1CC(=O)N(c2cccc(C#N)c2)C1. The molecule has 1 saturated heterocycles. The number of nitrogens with zero attached hydrogens (tertiary/aromatic N) is 2. The smallest absolute Gasteiger partial charge is 0.228 e. The third-order valence-electron chi connectivity index (χ3n) is 2.71. The fourth-order valence-electron chi connectivity index (χ4n) is 1.98. The Hall–Kier alpha value is -1.80. The molecule has 1 fully saturated rings. The molecule has 1 amide bonds. The lowest BCUT2D eigenvalue weighted by molar-refractivity contribution is -0.117. The van der Waals surface area contributed by atoms with Gasteiger partial charge in [0.15, 0.2) is 5.12 Å². The van der Waals surface area contributed by atoms with E-state index >= 15 is 0 Å². The second-order valence-corrected chi connectivity index (χ2v) is 5.58. The van der Waals surface area contributed by atoms with Crippen molar-refractivity contribution in [2.24, 2.45) is 0 Å². The van der Waals surface area contributed by atoms with Crippen molar-refractivity contribution in [1.82, 2.24) is 0 Å². The fourth-order valence-corrected chi connectivity index (χ4v) is 2.90. The monoisotopic (exact) mass is 260 g/mol. The zero-order valence-electron chi connectivity index (χ0n) is 9.92. The molecule has 18 heavy (non-hydrogen) atoms. The Morgan fingerprint density at radius 2 is 2.33 bits per heavy atom. The average Bonchev–Trinajstić information content (AvgIpc) is 2.69. The van der Waals surface area contributed by atoms with Crippen LogP contribution in [0.1, 0.15) is 18.9 Å². The summed E-state index contributed by atoms with van der Waals surface area (Å²) in [4.78, 5) is 24.6. The number of hydrogen-bond donors (Lipinski definition) is 0. The summed E-state index contributed by atoms with van der Waals surface area (Å²) in [6.07, 6.45) is 0.376. The van der Waals surface area contributed by atoms with Gasteiger partial charge in [-0.3, -0.25) is 9.59 Å². The zero-order valence-corrected chi connectivity index (χ0v) is 10.7. The van der Waals surface area contributed by atoms with E-state index in [0.29, 0.717) is 18.5 Å². The standard InChI is InChI=1S/C13H12N2O2S/c1-9(16)18-12-6-13(17)15(8-12)11-4-2-3-10(5-11)7-14/h2-5,12H,6,8H2,1H3. The number of rotatable bonds is 2. The molecule has 1 aliphatic rings. The van der Waals surface area contributed by atoms with Crippen molar-refractivity contribution in [2.75, 3.05) is 11.4 Å². The number of thioether (sulfide) groups is 1. The van der Waals surface area contributed by atoms with Crippen molar-refractivity contribution in [2.45, 2.75) is 18.6 Å². The van der Waals surface area contributed by atoms with Crippen LogP contribution >= 0.6 is 11.8 Å². The van der Waals surface area contributed by atoms with Crippen LogP contribution in [0.2, 0.25) is 0 Å². The molecule has 0 aliphatic carbocycles. The molecule has 0 radical (unpaired) electrons. The van der Waals surface area contributed by atoms with Crippen LogP contribution < -0.4 is 4.90 Å². The van der Waals surface area contributed by atoms with E-state index < -0.39 is 0 Å². The molecular formula is C13H12N2O2S. The highest BCUT2D eigenvalue weighted by atomic mass is 32.2. The van der Waals surface area contributed by atoms with Gasteiger partial charge < -0.3 is 4.90 Å². The minimum absolute atomic E-state index is 0.00356. The van der Waals surface area contributed by atoms with Crippen LogP contribution in [0.3, 0.4) is 0 Å². The lowest BCUT2D eigenvalue weighted by Crippen LogP contribution is -2.24. The molecule has 5 heteroatoms. The molecule has 0 bridgehead atoms. The van der Waals surface area contributed by atoms with E-state index in [1.54, 1.807) is 29.2 Å². The molecule has 0 aromatic heterocycles. The number of carbonyl (C=O) groups excluding carboxylic acids is 2. The summed E-state index contributed by atoms with van der Waals surface area (Å²) in [5.41, 5.74) is 1.26. The first-order valence-electron chi connectivity index (χ1n) is 5.58. The molecule has 1 heterocycles. The zero-order chi connectivity index (χ0) is 13.1. The molecule has 0 spiro atoms. The number of carbonyl (C=O) groups is 2. The van der Waals surface area contributed by atoms with Gasteiger partial charge in [-0.2, -0.15) is 5.26 Å². The van der Waals surface area contributed by atoms with Gasteiger partial charge in [0, 0.05) is 30.8 Å². The van der Waals surface area contributed by atoms with Gasteiger partial charge >= 0.3 is 0 Å². The number of nitriles is 1. The van der Waals surface area contributed by atoms with Crippen molar-refractivity contribution >= 4 is 28.5 Å². The molecule has 1 unspecified atom stereocenters. The molecule has 4 nitrogen and oxygen atoms in total. The third-order valence-corrected chi connectivity index (χ3v) is 3.69. The van der Waals surface area contributed by atoms with Gasteiger partial charge in [-0.25, -0.2) is 0 Å². The van der Waals surface area contributed by atoms with Crippen molar-refractivity contribution in [3.63, 3.8) is 0 Å². The Balaban J connectivity index is 2.16. The Kier molecular flexibility index (Phi) is 3.68. The second kappa shape index (κ2) is 5.23. The summed E-state index contributed by atoms with van der Waals surface area (Å²) >= 11 is 1.21. The van der Waals surface area contributed by atoms with E-state index in [0.717, 1.165) is 5.69 Å². The van der Waals surface area contributed by atoms with Crippen LogP contribution in [0.5, 0.6) is 0 Å². The van der Waals surface area contributed by atoms with Gasteiger partial charge in [-0.15, -0.1) is 0 Å². The maximum Gasteiger partial charge on any atom is 0.228 e. The molecule has 1 aromatic carbocycles. The van der Waals surface area contributed by atoms with Crippen molar-refractivity contribution in [3.8, 4) is 6.07 Å². The molecule has 0 N–H and O–H groups in total. The van der Waals surface area contributed by atoms with E-state index in [2.05, 4.69) is 6.07 Å². The van der Waals surface area contributed by atoms with Crippen molar-refractivity contribution in [3.05, 3.63) is 29.8 Å². The van der Waals surface area contributed by atoms with Gasteiger partial charge in [-0.1, -0.05) is 17.8 Å². The predicted octanol–water partition coefficient (Wildman–Crippen LogP) is 1.94. The summed E-state index contributed by atoms with van der Waals surface area (Å²) in [5, 5.41) is 8.88. The number of amides is 1. The van der Waals surface area contributed by atoms with Crippen LogP contribution in [0.4, 0.5) is 5.69 Å². The van der Waals surface area contributed by atoms with Gasteiger partial charge in [0.1, 0.15) is 0 Å². The van der Waals surface area contributed by atoms with Gasteiger partial charge in [0.25, 0.3) is 0 Å². The quantitative estimate of drug-likeness (QED) is 0.815. The normalized spacial score (nSPS) is 18.8. The van der Waals surface area contributed by atoms with Crippen molar-refractivity contribution in [1.29, 1.82) is 5.26 Å². The Bertz CT molecular complexity index is 536. The third kappa shape index (κ3) is 2.71. The maximum atomic E-state index is 11.9. The fraction of sp³-hybridized carbons (Fsp3) is 0.308. The number of anilines is 1. The summed E-state index contributed by atoms with van der Waals surface area (Å²) in [5.74, 6) is 0.00356. The first-order chi connectivity index (χ1) is 8.60. The molecule has 2 rings (SSSR count). The van der Waals surface area contributed by atoms with Crippen LogP contribution in [-0.2, 0) is 9.59 Å². The molecule has 1 atom stereocenters. The van der Waals surface area contributed by atoms with E-state index in [-0.39, 0.29) is 16.3 Å². The molecule has 1 aromatic rings. The van der Waals surface area contributed by atoms with Crippen LogP contribution in [0, 0.1) is 11.3 Å². The minimum Gasteiger partial charge on any atom is -0.311 e. The highest BCUT2D eigenvalue weighted by Crippen LogP contribution is 2.28. The highest BCUT2D eigenvalue weighted by molar-refractivity contribution is 8.14. The Morgan fingerprint density at radius 1 is 1.56 bits per heavy atom. The van der Waals surface area contributed by atoms with Crippen LogP contribution in [0.15, 0.2) is 24.3 Å². The lowest BCUT2D eigenvalue weighted by atomic mass is 10.2. The summed E-state index contributed by atoms with van der Waals surface area (Å²) in [6.45, 7) is 2.03. The maximum absolute atomic E-state index is 11.9. The Labute approximate surface area is 110 Å². The average molecular weight is 260 g/mol. The molecule has 1 aliphatic heterocycles. The van der Waals surface area contributed by atoms with Gasteiger partial charge in [0.05, 0.1) is 11.6 Å². The summed E-state index contributed by atoms with van der Waals surface area (Å²) in [6, 6.07) is 9.01. The first-order valence-corrected chi connectivity index (χ1v) is 6.46.